The number of carbonyl (C=O) groups excluding carboxylic acids is 7. The number of ether oxygens (including phenoxy) is 8. The van der Waals surface area contributed by atoms with E-state index in [-0.39, 0.29) is 59.2 Å². The maximum absolute atomic E-state index is 16.6. The number of phenols is 3. The number of aliphatic hydroxyl groups excluding tert-OH is 6. The smallest absolute Gasteiger partial charge is 0.330 e. The number of likely N-dealkylation sites (N-methyl/N-ethyl adjacent to an activating group) is 1. The third-order valence-electron chi connectivity index (χ3n) is 23.6. The topological polar surface area (TPSA) is 561 Å². The molecule has 8 heterocycles. The molecule has 38 heteroatoms. The molecule has 8 aromatic rings. The first-order valence-corrected chi connectivity index (χ1v) is 41.5. The van der Waals surface area contributed by atoms with Crippen molar-refractivity contribution in [3.05, 3.63) is 177 Å². The second-order valence-electron chi connectivity index (χ2n) is 33.3. The maximum Gasteiger partial charge on any atom is 0.330 e. The number of rotatable bonds is 18. The van der Waals surface area contributed by atoms with E-state index in [0.29, 0.717) is 0 Å². The molecule has 11 bridgehead atoms. The Morgan fingerprint density at radius 3 is 1.89 bits per heavy atom. The predicted octanol–water partition coefficient (Wildman–Crippen LogP) is 4.48. The molecular weight excluding hydrogens is 1680 g/mol. The average Bonchev–Trinajstić information content (AvgIpc) is 0.763. The van der Waals surface area contributed by atoms with Gasteiger partial charge in [-0.15, -0.1) is 0 Å². The van der Waals surface area contributed by atoms with Crippen LogP contribution in [0.1, 0.15) is 131 Å². The van der Waals surface area contributed by atoms with E-state index in [4.69, 9.17) is 72.6 Å². The average molecular weight is 1780 g/mol. The minimum atomic E-state index is -2.40. The van der Waals surface area contributed by atoms with Gasteiger partial charge in [0.15, 0.2) is 36.2 Å². The van der Waals surface area contributed by atoms with Crippen LogP contribution in [-0.2, 0) is 68.6 Å². The van der Waals surface area contributed by atoms with Gasteiger partial charge >= 0.3 is 5.97 Å². The lowest BCUT2D eigenvalue weighted by Crippen LogP contribution is -2.65. The van der Waals surface area contributed by atoms with E-state index in [2.05, 4.69) is 42.5 Å². The van der Waals surface area contributed by atoms with Gasteiger partial charge in [-0.3, -0.25) is 33.6 Å². The van der Waals surface area contributed by atoms with E-state index in [0.717, 1.165) is 75.6 Å². The van der Waals surface area contributed by atoms with Crippen LogP contribution < -0.4 is 68.2 Å². The molecule has 36 nitrogen and oxygen atoms in total. The van der Waals surface area contributed by atoms with Crippen LogP contribution in [0, 0.1) is 5.92 Å². The third-order valence-corrected chi connectivity index (χ3v) is 24.2. The van der Waals surface area contributed by atoms with Gasteiger partial charge in [0.05, 0.1) is 53.5 Å². The number of aromatic hydroxyl groups is 3. The Morgan fingerprint density at radius 2 is 1.25 bits per heavy atom. The first-order valence-electron chi connectivity index (χ1n) is 40.7. The fourth-order valence-corrected chi connectivity index (χ4v) is 17.4. The molecule has 0 radical (unpaired) electrons. The van der Waals surface area contributed by atoms with Gasteiger partial charge in [0.1, 0.15) is 89.5 Å². The Labute approximate surface area is 730 Å². The minimum Gasteiger partial charge on any atom is -0.508 e. The van der Waals surface area contributed by atoms with E-state index in [1.165, 1.54) is 51.2 Å². The molecule has 3 saturated heterocycles. The molecule has 7 amide bonds. The highest BCUT2D eigenvalue weighted by Gasteiger charge is 2.53. The number of carboxylic acids is 1. The van der Waals surface area contributed by atoms with Crippen molar-refractivity contribution in [3.63, 3.8) is 0 Å². The number of hydrogen-bond donors (Lipinski definition) is 20. The number of nitrogens with two attached hydrogens (primary N) is 2. The molecule has 126 heavy (non-hydrogen) atoms. The third kappa shape index (κ3) is 18.8. The van der Waals surface area contributed by atoms with E-state index in [9.17, 15) is 65.4 Å². The van der Waals surface area contributed by atoms with Crippen molar-refractivity contribution in [3.8, 4) is 57.1 Å². The fraction of sp³-hybridized carbons (Fsp3) is 0.409. The Morgan fingerprint density at radius 1 is 0.635 bits per heavy atom. The van der Waals surface area contributed by atoms with E-state index < -0.39 is 261 Å². The van der Waals surface area contributed by atoms with Crippen molar-refractivity contribution in [1.29, 1.82) is 0 Å². The molecular formula is C88H98Cl2N10O26. The molecule has 0 aliphatic carbocycles. The Hall–Kier alpha value is -11.1. The normalized spacial score (nSPS) is 29.7. The highest BCUT2D eigenvalue weighted by atomic mass is 35.5. The number of aliphatic hydroxyl groups is 6. The summed E-state index contributed by atoms with van der Waals surface area (Å²) in [6.45, 7) is 9.13. The molecule has 22 N–H and O–H groups in total. The molecule has 8 aliphatic rings. The zero-order chi connectivity index (χ0) is 90.6. The lowest BCUT2D eigenvalue weighted by atomic mass is 9.84. The highest BCUT2D eigenvalue weighted by molar-refractivity contribution is 6.32. The summed E-state index contributed by atoms with van der Waals surface area (Å²) in [6.07, 6.45) is -23.0. The Balaban J connectivity index is 0.974. The number of primary amides is 1. The fourth-order valence-electron chi connectivity index (χ4n) is 17.0. The van der Waals surface area contributed by atoms with Gasteiger partial charge in [-0.05, 0) is 157 Å². The lowest BCUT2D eigenvalue weighted by Gasteiger charge is -2.48. The van der Waals surface area contributed by atoms with E-state index in [1.54, 1.807) is 13.8 Å². The molecule has 3 fully saturated rings. The van der Waals surface area contributed by atoms with Gasteiger partial charge in [0.25, 0.3) is 0 Å². The van der Waals surface area contributed by atoms with Gasteiger partial charge in [0.2, 0.25) is 53.4 Å². The highest BCUT2D eigenvalue weighted by Crippen LogP contribution is 2.51. The Kier molecular flexibility index (Phi) is 26.8. The van der Waals surface area contributed by atoms with Crippen molar-refractivity contribution in [2.24, 2.45) is 17.4 Å². The van der Waals surface area contributed by atoms with Gasteiger partial charge in [0, 0.05) is 53.2 Å². The molecule has 0 spiro atoms. The number of fused-ring (bicyclic) bond motifs is 18. The molecule has 8 aliphatic heterocycles. The van der Waals surface area contributed by atoms with Crippen LogP contribution in [0.5, 0.6) is 46.0 Å². The van der Waals surface area contributed by atoms with Gasteiger partial charge in [-0.1, -0.05) is 104 Å². The largest absolute Gasteiger partial charge is 0.508 e. The van der Waals surface area contributed by atoms with Crippen molar-refractivity contribution in [2.45, 2.75) is 207 Å². The summed E-state index contributed by atoms with van der Waals surface area (Å²) >= 11 is 14.7. The van der Waals surface area contributed by atoms with Gasteiger partial charge in [-0.25, -0.2) is 4.79 Å². The lowest BCUT2D eigenvalue weighted by molar-refractivity contribution is -0.334. The molecule has 8 aromatic carbocycles. The quantitative estimate of drug-likeness (QED) is 0.0526. The molecule has 0 aromatic heterocycles. The van der Waals surface area contributed by atoms with Crippen LogP contribution in [-0.4, -0.2) is 215 Å². The number of nitrogens with one attached hydrogen (secondary N) is 8. The van der Waals surface area contributed by atoms with E-state index >= 15 is 24.0 Å². The van der Waals surface area contributed by atoms with Crippen molar-refractivity contribution in [1.82, 2.24) is 42.5 Å². The summed E-state index contributed by atoms with van der Waals surface area (Å²) < 4.78 is 53.2. The summed E-state index contributed by atoms with van der Waals surface area (Å²) in [6, 6.07) is 17.4. The van der Waals surface area contributed by atoms with Crippen LogP contribution in [0.2, 0.25) is 10.0 Å². The van der Waals surface area contributed by atoms with Crippen molar-refractivity contribution >= 4 is 92.1 Å². The number of benzene rings is 8. The summed E-state index contributed by atoms with van der Waals surface area (Å²) in [5.41, 5.74) is 7.88. The SMILES string of the molecule is CN[C@H](CC(C)C)C(=O)N[C@H]1C(=O)N[C@@H](CC(N)=O)C(=O)N[C@H]2C(=O)N[C@H]3C(=O)N[C@H](C(=O)N[C@H](C(=O)O)c4cc(O)cc(O)c4-c4cc3ccc4O)[C@H](O[C@H]3C[C@](C)(N)[C@@H](O)[C@H](C)O3)c3ccc(c(Cl)c3)Oc3cc2cc(c3O[C@@H]2O[C@H](CO)[C@@H](O)[C@H](O)[C@H]2O[C@H]2C[C@](C)(NCc3cc4ccccc4c4ccccc34)[C@@H](O)[C@H](C)O2)Oc2ccc(cc2Cl)[C@H]1O. The van der Waals surface area contributed by atoms with Crippen LogP contribution in [0.3, 0.4) is 0 Å². The summed E-state index contributed by atoms with van der Waals surface area (Å²) in [5, 5.41) is 142. The van der Waals surface area contributed by atoms with Gasteiger partial charge < -0.3 is 143 Å². The van der Waals surface area contributed by atoms with Crippen molar-refractivity contribution < 1.29 is 127 Å². The molecule has 22 atom stereocenters. The van der Waals surface area contributed by atoms with E-state index in [1.807, 2.05) is 68.4 Å². The number of carboxylic acid groups (broad SMARTS) is 1. The number of phenolic OH excluding ortho intramolecular Hbond substituents is 3. The minimum absolute atomic E-state index is 0.118. The molecule has 0 saturated carbocycles. The number of amides is 7. The zero-order valence-electron chi connectivity index (χ0n) is 69.0. The zero-order valence-corrected chi connectivity index (χ0v) is 70.5. The first kappa shape index (κ1) is 91.1. The first-order chi connectivity index (χ1) is 59.8. The summed E-state index contributed by atoms with van der Waals surface area (Å²) in [5.74, 6) is -16.1. The number of aliphatic carboxylic acids is 1. The maximum atomic E-state index is 16.6. The molecule has 16 rings (SSSR count). The standard InChI is InChI=1S/C88H98Cl2N10O26/c1-36(2)22-53(93-7)79(111)99-69-71(106)41-17-20-57(51(89)25-41)121-59-27-43-28-60(75(59)126-86-76(73(108)72(107)61(35-101)123-86)125-64-33-88(6,78(110)38(4)120-64)94-34-44-23-39-12-8-9-13-46(39)48-15-11-10-14-47(44)48)122-58-21-18-42(26-52(58)90)74(124-63-32-87(5,92)77(109)37(3)119-63)70-84(116)98-68(85(117)118)50-29-45(102)30-56(104)65(50)49-24-40(16-19-55(49)103)66(81(113)100-70)97-82(114)67(43)96-80(112)54(31-62(91)105)95-83(69)115/h8-21,23-30,36-38,53-54,61,63-64,66-74,76-78,86,93-94,101-104,106-110H,22,31-35,92H2,1-7H3,(H2,91,105)(H,95,115)(H,96,112)(H,97,114)(H,98,116)(H,99,111)(H,100,113)(H,117,118)/t37-,38-,53+,54-,61+,63-,64-,66+,67+,68-,69+,70-,71+,72+,73-,74+,76+,77-,78-,86-,87-,88-/m0/s1. The second kappa shape index (κ2) is 37.0. The molecule has 0 unspecified atom stereocenters. The summed E-state index contributed by atoms with van der Waals surface area (Å²) in [4.78, 5) is 121. The number of halogens is 2. The second-order valence-corrected chi connectivity index (χ2v) is 34.1. The van der Waals surface area contributed by atoms with Crippen molar-refractivity contribution in [2.75, 3.05) is 13.7 Å². The number of hydrogen-bond acceptors (Lipinski definition) is 28. The predicted molar refractivity (Wildman–Crippen MR) is 450 cm³/mol. The van der Waals surface area contributed by atoms with Crippen LogP contribution >= 0.6 is 23.2 Å². The van der Waals surface area contributed by atoms with Crippen LogP contribution in [0.25, 0.3) is 32.7 Å². The monoisotopic (exact) mass is 1780 g/mol. The van der Waals surface area contributed by atoms with Gasteiger partial charge in [-0.2, -0.15) is 0 Å². The number of carbonyl (C=O) groups is 8. The Bertz CT molecular complexity index is 5560. The van der Waals surface area contributed by atoms with Crippen LogP contribution in [0.4, 0.5) is 0 Å². The van der Waals surface area contributed by atoms with Crippen LogP contribution in [0.15, 0.2) is 133 Å². The summed E-state index contributed by atoms with van der Waals surface area (Å²) in [7, 11) is 1.48. The molecule has 670 valence electrons.